The molecule has 8 heteroatoms. The van der Waals surface area contributed by atoms with Crippen molar-refractivity contribution in [2.75, 3.05) is 31.6 Å². The lowest BCUT2D eigenvalue weighted by atomic mass is 9.86. The molecular formula is C24H34N4O3S. The molecule has 174 valence electrons. The Kier molecular flexibility index (Phi) is 8.03. The van der Waals surface area contributed by atoms with Gasteiger partial charge in [0.15, 0.2) is 5.13 Å². The minimum atomic E-state index is -0.656. The van der Waals surface area contributed by atoms with E-state index in [1.807, 2.05) is 43.5 Å². The summed E-state index contributed by atoms with van der Waals surface area (Å²) < 4.78 is 5.38. The summed E-state index contributed by atoms with van der Waals surface area (Å²) in [6, 6.07) is 6.89. The zero-order valence-corrected chi connectivity index (χ0v) is 20.4. The van der Waals surface area contributed by atoms with Crippen LogP contribution in [0.15, 0.2) is 29.6 Å². The minimum absolute atomic E-state index is 0.0176. The third kappa shape index (κ3) is 6.60. The molecule has 2 N–H and O–H groups in total. The van der Waals surface area contributed by atoms with E-state index in [0.29, 0.717) is 10.7 Å². The number of carbonyl (C=O) groups excluding carboxylic acids is 2. The van der Waals surface area contributed by atoms with Crippen LogP contribution in [0, 0.1) is 5.92 Å². The Morgan fingerprint density at radius 3 is 2.41 bits per heavy atom. The molecular weight excluding hydrogens is 424 g/mol. The van der Waals surface area contributed by atoms with Gasteiger partial charge in [-0.05, 0) is 29.0 Å². The number of anilines is 1. The quantitative estimate of drug-likeness (QED) is 0.662. The highest BCUT2D eigenvalue weighted by Crippen LogP contribution is 2.22. The molecule has 0 radical (unpaired) electrons. The fraction of sp³-hybridized carbons (Fsp3) is 0.542. The van der Waals surface area contributed by atoms with Crippen LogP contribution in [0.3, 0.4) is 0 Å². The van der Waals surface area contributed by atoms with Crippen molar-refractivity contribution in [1.82, 2.24) is 15.2 Å². The van der Waals surface area contributed by atoms with Gasteiger partial charge in [-0.2, -0.15) is 0 Å². The zero-order valence-electron chi connectivity index (χ0n) is 19.6. The number of amides is 2. The van der Waals surface area contributed by atoms with Crippen molar-refractivity contribution in [3.05, 3.63) is 46.5 Å². The van der Waals surface area contributed by atoms with Crippen LogP contribution in [0.4, 0.5) is 5.13 Å². The van der Waals surface area contributed by atoms with Crippen molar-refractivity contribution in [2.24, 2.45) is 5.92 Å². The molecule has 2 amide bonds. The molecule has 1 aromatic carbocycles. The van der Waals surface area contributed by atoms with Crippen molar-refractivity contribution in [3.8, 4) is 0 Å². The third-order valence-corrected chi connectivity index (χ3v) is 6.33. The highest BCUT2D eigenvalue weighted by atomic mass is 32.1. The smallest absolute Gasteiger partial charge is 0.251 e. The van der Waals surface area contributed by atoms with E-state index in [4.69, 9.17) is 4.74 Å². The summed E-state index contributed by atoms with van der Waals surface area (Å²) in [5, 5.41) is 8.28. The number of thiazole rings is 1. The Morgan fingerprint density at radius 2 is 1.81 bits per heavy atom. The van der Waals surface area contributed by atoms with Gasteiger partial charge in [-0.3, -0.25) is 14.5 Å². The predicted octanol–water partition coefficient (Wildman–Crippen LogP) is 3.67. The summed E-state index contributed by atoms with van der Waals surface area (Å²) >= 11 is 1.40. The highest BCUT2D eigenvalue weighted by Gasteiger charge is 2.26. The van der Waals surface area contributed by atoms with E-state index in [9.17, 15) is 9.59 Å². The SMILES string of the molecule is CC(C)C(NC(=O)c1ccc(C(C)(C)C)cc1)C(=O)Nc1nc(CN2CCOCC2)cs1. The van der Waals surface area contributed by atoms with Crippen LogP contribution in [0.1, 0.15) is 56.2 Å². The first-order chi connectivity index (χ1) is 15.1. The summed E-state index contributed by atoms with van der Waals surface area (Å²) in [6.07, 6.45) is 0. The molecule has 1 saturated heterocycles. The van der Waals surface area contributed by atoms with Gasteiger partial charge in [-0.25, -0.2) is 4.98 Å². The average molecular weight is 459 g/mol. The van der Waals surface area contributed by atoms with Crippen LogP contribution in [-0.4, -0.2) is 54.0 Å². The van der Waals surface area contributed by atoms with E-state index >= 15 is 0 Å². The van der Waals surface area contributed by atoms with Gasteiger partial charge < -0.3 is 15.4 Å². The second-order valence-electron chi connectivity index (χ2n) is 9.54. The van der Waals surface area contributed by atoms with Crippen LogP contribution in [-0.2, 0) is 21.5 Å². The number of carbonyl (C=O) groups is 2. The van der Waals surface area contributed by atoms with Crippen molar-refractivity contribution in [3.63, 3.8) is 0 Å². The lowest BCUT2D eigenvalue weighted by molar-refractivity contribution is -0.118. The van der Waals surface area contributed by atoms with Gasteiger partial charge in [0.05, 0.1) is 18.9 Å². The number of ether oxygens (including phenoxy) is 1. The van der Waals surface area contributed by atoms with Crippen molar-refractivity contribution in [1.29, 1.82) is 0 Å². The van der Waals surface area contributed by atoms with Crippen molar-refractivity contribution < 1.29 is 14.3 Å². The van der Waals surface area contributed by atoms with Crippen molar-refractivity contribution in [2.45, 2.75) is 52.6 Å². The summed E-state index contributed by atoms with van der Waals surface area (Å²) in [7, 11) is 0. The second-order valence-corrected chi connectivity index (χ2v) is 10.4. The van der Waals surface area contributed by atoms with Crippen molar-refractivity contribution >= 4 is 28.3 Å². The van der Waals surface area contributed by atoms with Crippen LogP contribution >= 0.6 is 11.3 Å². The number of hydrogen-bond donors (Lipinski definition) is 2. The van der Waals surface area contributed by atoms with E-state index in [1.54, 1.807) is 0 Å². The second kappa shape index (κ2) is 10.6. The van der Waals surface area contributed by atoms with E-state index in [0.717, 1.165) is 44.1 Å². The summed E-state index contributed by atoms with van der Waals surface area (Å²) in [5.41, 5.74) is 2.64. The van der Waals surface area contributed by atoms with E-state index in [1.165, 1.54) is 11.3 Å². The molecule has 32 heavy (non-hydrogen) atoms. The lowest BCUT2D eigenvalue weighted by Gasteiger charge is -2.25. The maximum atomic E-state index is 12.9. The lowest BCUT2D eigenvalue weighted by Crippen LogP contribution is -2.47. The van der Waals surface area contributed by atoms with Gasteiger partial charge in [0.2, 0.25) is 5.91 Å². The number of hydrogen-bond acceptors (Lipinski definition) is 6. The molecule has 0 spiro atoms. The molecule has 1 unspecified atom stereocenters. The van der Waals surface area contributed by atoms with Crippen LogP contribution in [0.2, 0.25) is 0 Å². The Bertz CT molecular complexity index is 912. The number of rotatable bonds is 7. The third-order valence-electron chi connectivity index (χ3n) is 5.52. The average Bonchev–Trinajstić information content (AvgIpc) is 3.18. The monoisotopic (exact) mass is 458 g/mol. The molecule has 1 aliphatic rings. The molecule has 0 bridgehead atoms. The molecule has 1 atom stereocenters. The van der Waals surface area contributed by atoms with E-state index in [-0.39, 0.29) is 23.1 Å². The number of nitrogens with one attached hydrogen (secondary N) is 2. The predicted molar refractivity (Wildman–Crippen MR) is 128 cm³/mol. The standard InChI is InChI=1S/C24H34N4O3S/c1-16(2)20(26-21(29)17-6-8-18(9-7-17)24(3,4)5)22(30)27-23-25-19(15-32-23)14-28-10-12-31-13-11-28/h6-9,15-16,20H,10-14H2,1-5H3,(H,26,29)(H,25,27,30). The number of aromatic nitrogens is 1. The number of morpholine rings is 1. The molecule has 2 aromatic rings. The van der Waals surface area contributed by atoms with Gasteiger partial charge in [-0.15, -0.1) is 11.3 Å². The first kappa shape index (κ1) is 24.4. The van der Waals surface area contributed by atoms with E-state index in [2.05, 4.69) is 41.3 Å². The van der Waals surface area contributed by atoms with Gasteiger partial charge in [0.1, 0.15) is 6.04 Å². The molecule has 2 heterocycles. The normalized spacial score (nSPS) is 16.1. The zero-order chi connectivity index (χ0) is 23.3. The molecule has 0 saturated carbocycles. The van der Waals surface area contributed by atoms with Crippen LogP contribution in [0.25, 0.3) is 0 Å². The molecule has 7 nitrogen and oxygen atoms in total. The van der Waals surface area contributed by atoms with Gasteiger partial charge in [0, 0.05) is 30.6 Å². The largest absolute Gasteiger partial charge is 0.379 e. The molecule has 0 aliphatic carbocycles. The maximum Gasteiger partial charge on any atom is 0.251 e. The molecule has 1 fully saturated rings. The Hall–Kier alpha value is -2.29. The maximum absolute atomic E-state index is 12.9. The molecule has 3 rings (SSSR count). The number of nitrogens with zero attached hydrogens (tertiary/aromatic N) is 2. The first-order valence-electron chi connectivity index (χ1n) is 11.1. The molecule has 1 aliphatic heterocycles. The minimum Gasteiger partial charge on any atom is -0.379 e. The Morgan fingerprint density at radius 1 is 1.16 bits per heavy atom. The van der Waals surface area contributed by atoms with E-state index < -0.39 is 6.04 Å². The molecule has 1 aromatic heterocycles. The highest BCUT2D eigenvalue weighted by molar-refractivity contribution is 7.13. The topological polar surface area (TPSA) is 83.6 Å². The first-order valence-corrected chi connectivity index (χ1v) is 12.0. The fourth-order valence-electron chi connectivity index (χ4n) is 3.49. The Balaban J connectivity index is 1.60. The van der Waals surface area contributed by atoms with Gasteiger partial charge in [-0.1, -0.05) is 46.8 Å². The summed E-state index contributed by atoms with van der Waals surface area (Å²) in [5.74, 6) is -0.584. The summed E-state index contributed by atoms with van der Waals surface area (Å²) in [6.45, 7) is 14.2. The fourth-order valence-corrected chi connectivity index (χ4v) is 4.19. The summed E-state index contributed by atoms with van der Waals surface area (Å²) in [4.78, 5) is 32.5. The van der Waals surface area contributed by atoms with Gasteiger partial charge >= 0.3 is 0 Å². The van der Waals surface area contributed by atoms with Crippen LogP contribution < -0.4 is 10.6 Å². The van der Waals surface area contributed by atoms with Crippen LogP contribution in [0.5, 0.6) is 0 Å². The number of benzene rings is 1. The Labute approximate surface area is 194 Å². The van der Waals surface area contributed by atoms with Gasteiger partial charge in [0.25, 0.3) is 5.91 Å².